The summed E-state index contributed by atoms with van der Waals surface area (Å²) in [6, 6.07) is 7.59. The second-order valence-electron chi connectivity index (χ2n) is 7.06. The van der Waals surface area contributed by atoms with Gasteiger partial charge in [-0.15, -0.1) is 0 Å². The average molecular weight is 401 g/mol. The quantitative estimate of drug-likeness (QED) is 0.553. The molecule has 0 spiro atoms. The summed E-state index contributed by atoms with van der Waals surface area (Å²) < 4.78 is 27.7. The number of hydrogen-bond donors (Lipinski definition) is 4. The van der Waals surface area contributed by atoms with E-state index in [2.05, 4.69) is 20.9 Å². The summed E-state index contributed by atoms with van der Waals surface area (Å²) in [5, 5.41) is 26.7. The molecule has 152 valence electrons. The van der Waals surface area contributed by atoms with Crippen LogP contribution in [-0.4, -0.2) is 28.3 Å². The molecule has 29 heavy (non-hydrogen) atoms. The normalized spacial score (nSPS) is 15.5. The average Bonchev–Trinajstić information content (AvgIpc) is 2.63. The fraction of sp³-hybridized carbons (Fsp3) is 0.350. The van der Waals surface area contributed by atoms with Crippen molar-refractivity contribution < 1.29 is 18.7 Å². The first-order chi connectivity index (χ1) is 13.9. The molecule has 1 fully saturated rings. The Hall–Kier alpha value is -3.41. The molecular formula is C20H21F2N5O2. The van der Waals surface area contributed by atoms with E-state index in [9.17, 15) is 18.8 Å². The van der Waals surface area contributed by atoms with E-state index >= 15 is 0 Å². The van der Waals surface area contributed by atoms with Crippen LogP contribution in [0.4, 0.5) is 30.9 Å². The summed E-state index contributed by atoms with van der Waals surface area (Å²) in [7, 11) is 0. The first kappa shape index (κ1) is 20.3. The van der Waals surface area contributed by atoms with Crippen LogP contribution in [0, 0.1) is 28.9 Å². The van der Waals surface area contributed by atoms with Crippen molar-refractivity contribution in [3.8, 4) is 6.07 Å². The predicted octanol–water partition coefficient (Wildman–Crippen LogP) is 4.21. The second-order valence-corrected chi connectivity index (χ2v) is 7.06. The van der Waals surface area contributed by atoms with Gasteiger partial charge in [0, 0.05) is 11.7 Å². The third-order valence-electron chi connectivity index (χ3n) is 5.05. The van der Waals surface area contributed by atoms with E-state index in [1.165, 1.54) is 24.3 Å². The van der Waals surface area contributed by atoms with E-state index in [-0.39, 0.29) is 29.2 Å². The number of nitriles is 1. The van der Waals surface area contributed by atoms with Crippen LogP contribution in [0.1, 0.15) is 31.7 Å². The van der Waals surface area contributed by atoms with Gasteiger partial charge >= 0.3 is 6.09 Å². The van der Waals surface area contributed by atoms with Crippen LogP contribution in [0.5, 0.6) is 0 Å². The second kappa shape index (κ2) is 8.73. The molecule has 0 radical (unpaired) electrons. The number of amides is 1. The molecule has 1 saturated carbocycles. The van der Waals surface area contributed by atoms with Crippen LogP contribution in [0.15, 0.2) is 30.3 Å². The van der Waals surface area contributed by atoms with Crippen LogP contribution in [-0.2, 0) is 0 Å². The van der Waals surface area contributed by atoms with Gasteiger partial charge in [-0.3, -0.25) is 0 Å². The highest BCUT2D eigenvalue weighted by Gasteiger charge is 2.33. The molecule has 1 aliphatic carbocycles. The molecule has 0 saturated heterocycles. The van der Waals surface area contributed by atoms with Crippen LogP contribution in [0.3, 0.4) is 0 Å². The molecule has 1 heterocycles. The fourth-order valence-corrected chi connectivity index (χ4v) is 3.33. The zero-order chi connectivity index (χ0) is 21.0. The molecule has 0 unspecified atom stereocenters. The Kier molecular flexibility index (Phi) is 6.12. The number of carbonyl (C=O) groups is 1. The summed E-state index contributed by atoms with van der Waals surface area (Å²) in [5.74, 6) is -0.896. The summed E-state index contributed by atoms with van der Waals surface area (Å²) in [6.45, 7) is 1.71. The van der Waals surface area contributed by atoms with Crippen molar-refractivity contribution in [1.29, 1.82) is 5.26 Å². The zero-order valence-corrected chi connectivity index (χ0v) is 15.7. The number of halogens is 2. The molecule has 0 bridgehead atoms. The molecule has 4 N–H and O–H groups in total. The minimum atomic E-state index is -1.16. The molecule has 1 aromatic heterocycles. The maximum absolute atomic E-state index is 14.6. The molecule has 9 heteroatoms. The largest absolute Gasteiger partial charge is 0.465 e. The Morgan fingerprint density at radius 3 is 2.52 bits per heavy atom. The van der Waals surface area contributed by atoms with Gasteiger partial charge in [0.2, 0.25) is 0 Å². The summed E-state index contributed by atoms with van der Waals surface area (Å²) in [5.41, 5.74) is 0.485. The van der Waals surface area contributed by atoms with E-state index in [4.69, 9.17) is 5.11 Å². The molecular weight excluding hydrogens is 380 g/mol. The summed E-state index contributed by atoms with van der Waals surface area (Å²) in [4.78, 5) is 15.2. The highest BCUT2D eigenvalue weighted by molar-refractivity contribution is 5.66. The first-order valence-electron chi connectivity index (χ1n) is 9.26. The van der Waals surface area contributed by atoms with E-state index in [0.717, 1.165) is 25.3 Å². The van der Waals surface area contributed by atoms with Crippen molar-refractivity contribution in [3.05, 3.63) is 47.5 Å². The minimum Gasteiger partial charge on any atom is -0.465 e. The van der Waals surface area contributed by atoms with Crippen LogP contribution in [0.2, 0.25) is 0 Å². The third-order valence-corrected chi connectivity index (χ3v) is 5.05. The zero-order valence-electron chi connectivity index (χ0n) is 15.7. The number of rotatable bonds is 7. The van der Waals surface area contributed by atoms with Crippen LogP contribution >= 0.6 is 0 Å². The Balaban J connectivity index is 1.88. The minimum absolute atomic E-state index is 0.00530. The van der Waals surface area contributed by atoms with Crippen LogP contribution < -0.4 is 16.0 Å². The van der Waals surface area contributed by atoms with Crippen LogP contribution in [0.25, 0.3) is 0 Å². The smallest absolute Gasteiger partial charge is 0.404 e. The van der Waals surface area contributed by atoms with Crippen molar-refractivity contribution in [2.75, 3.05) is 10.6 Å². The number of hydrogen-bond acceptors (Lipinski definition) is 5. The molecule has 7 nitrogen and oxygen atoms in total. The lowest BCUT2D eigenvalue weighted by atomic mass is 9.77. The molecule has 1 aliphatic rings. The maximum atomic E-state index is 14.6. The van der Waals surface area contributed by atoms with E-state index in [1.54, 1.807) is 6.92 Å². The molecule has 2 aromatic rings. The topological polar surface area (TPSA) is 110 Å². The summed E-state index contributed by atoms with van der Waals surface area (Å²) >= 11 is 0. The van der Waals surface area contributed by atoms with Gasteiger partial charge in [-0.25, -0.2) is 18.6 Å². The first-order valence-corrected chi connectivity index (χ1v) is 9.26. The standard InChI is InChI=1S/C20H21F2N5O2/c1-11(24-20(28)29)17(12-3-2-4-12)26-19-16(22)9-13(10-23)18(27-19)25-15-7-5-14(21)6-8-15/h5-9,11-12,17,24H,2-4H2,1H3,(H,28,29)(H2,25,26,27)/t11-,17-/m0/s1. The van der Waals surface area contributed by atoms with Gasteiger partial charge < -0.3 is 21.1 Å². The van der Waals surface area contributed by atoms with Gasteiger partial charge in [0.05, 0.1) is 11.6 Å². The van der Waals surface area contributed by atoms with Crippen molar-refractivity contribution in [1.82, 2.24) is 10.3 Å². The van der Waals surface area contributed by atoms with Gasteiger partial charge in [0.15, 0.2) is 17.5 Å². The number of aromatic nitrogens is 1. The van der Waals surface area contributed by atoms with E-state index in [0.29, 0.717) is 5.69 Å². The number of benzene rings is 1. The van der Waals surface area contributed by atoms with Gasteiger partial charge in [-0.1, -0.05) is 6.42 Å². The van der Waals surface area contributed by atoms with Gasteiger partial charge in [0.25, 0.3) is 0 Å². The Morgan fingerprint density at radius 1 is 1.28 bits per heavy atom. The SMILES string of the molecule is C[C@H](NC(=O)O)[C@H](Nc1nc(Nc2ccc(F)cc2)c(C#N)cc1F)C1CCC1. The highest BCUT2D eigenvalue weighted by Crippen LogP contribution is 2.33. The van der Waals surface area contributed by atoms with Crippen molar-refractivity contribution in [2.45, 2.75) is 38.3 Å². The van der Waals surface area contributed by atoms with E-state index < -0.39 is 23.8 Å². The van der Waals surface area contributed by atoms with Gasteiger partial charge in [0.1, 0.15) is 11.9 Å². The van der Waals surface area contributed by atoms with Crippen molar-refractivity contribution in [2.24, 2.45) is 5.92 Å². The summed E-state index contributed by atoms with van der Waals surface area (Å²) in [6.07, 6.45) is 1.68. The molecule has 2 atom stereocenters. The number of carboxylic acid groups (broad SMARTS) is 1. The Labute approximate surface area is 166 Å². The lowest BCUT2D eigenvalue weighted by molar-refractivity contribution is 0.180. The predicted molar refractivity (Wildman–Crippen MR) is 104 cm³/mol. The van der Waals surface area contributed by atoms with Crippen molar-refractivity contribution >= 4 is 23.4 Å². The number of anilines is 3. The molecule has 1 aromatic carbocycles. The highest BCUT2D eigenvalue weighted by atomic mass is 19.1. The molecule has 0 aliphatic heterocycles. The molecule has 3 rings (SSSR count). The van der Waals surface area contributed by atoms with Gasteiger partial charge in [-0.05, 0) is 56.0 Å². The number of nitrogens with one attached hydrogen (secondary N) is 3. The third kappa shape index (κ3) is 4.90. The monoisotopic (exact) mass is 401 g/mol. The molecule has 1 amide bonds. The van der Waals surface area contributed by atoms with E-state index in [1.807, 2.05) is 6.07 Å². The lowest BCUT2D eigenvalue weighted by Gasteiger charge is -2.38. The fourth-order valence-electron chi connectivity index (χ4n) is 3.33. The lowest BCUT2D eigenvalue weighted by Crippen LogP contribution is -2.50. The van der Waals surface area contributed by atoms with Gasteiger partial charge in [-0.2, -0.15) is 5.26 Å². The Morgan fingerprint density at radius 2 is 1.97 bits per heavy atom. The van der Waals surface area contributed by atoms with Crippen molar-refractivity contribution in [3.63, 3.8) is 0 Å². The Bertz CT molecular complexity index is 926. The maximum Gasteiger partial charge on any atom is 0.404 e. The number of pyridine rings is 1. The number of nitrogens with zero attached hydrogens (tertiary/aromatic N) is 2.